The number of halogens is 2. The summed E-state index contributed by atoms with van der Waals surface area (Å²) < 4.78 is 28.5. The van der Waals surface area contributed by atoms with Gasteiger partial charge in [-0.2, -0.15) is 0 Å². The minimum Gasteiger partial charge on any atom is -0.369 e. The van der Waals surface area contributed by atoms with Crippen LogP contribution in [0.2, 0.25) is 0 Å². The van der Waals surface area contributed by atoms with Gasteiger partial charge in [-0.25, -0.2) is 13.8 Å². The first kappa shape index (κ1) is 10.5. The Bertz CT molecular complexity index is 573. The number of benzene rings is 1. The molecular formula is C12H13F2N3. The molecule has 1 aromatic carbocycles. The average molecular weight is 237 g/mol. The molecule has 1 aliphatic rings. The van der Waals surface area contributed by atoms with E-state index in [-0.39, 0.29) is 11.5 Å². The molecule has 1 heterocycles. The predicted octanol–water partition coefficient (Wildman–Crippen LogP) is 2.70. The fourth-order valence-electron chi connectivity index (χ4n) is 2.12. The lowest BCUT2D eigenvalue weighted by Gasteiger charge is -2.06. The number of imidazole rings is 1. The van der Waals surface area contributed by atoms with Crippen molar-refractivity contribution in [3.05, 3.63) is 23.8 Å². The fraction of sp³-hybridized carbons (Fsp3) is 0.417. The van der Waals surface area contributed by atoms with E-state index < -0.39 is 11.6 Å². The summed E-state index contributed by atoms with van der Waals surface area (Å²) >= 11 is 0. The predicted molar refractivity (Wildman–Crippen MR) is 61.4 cm³/mol. The number of fused-ring (bicyclic) bond motifs is 1. The number of nitrogens with zero attached hydrogens (tertiary/aromatic N) is 2. The zero-order valence-electron chi connectivity index (χ0n) is 9.29. The third-order valence-electron chi connectivity index (χ3n) is 3.29. The highest BCUT2D eigenvalue weighted by Crippen LogP contribution is 2.34. The van der Waals surface area contributed by atoms with Crippen LogP contribution < -0.4 is 5.73 Å². The molecule has 1 saturated carbocycles. The van der Waals surface area contributed by atoms with Crippen LogP contribution in [-0.4, -0.2) is 9.55 Å². The maximum absolute atomic E-state index is 13.7. The first-order valence-corrected chi connectivity index (χ1v) is 5.76. The van der Waals surface area contributed by atoms with Gasteiger partial charge in [0.15, 0.2) is 11.6 Å². The summed E-state index contributed by atoms with van der Waals surface area (Å²) in [4.78, 5) is 4.05. The van der Waals surface area contributed by atoms with Crippen LogP contribution in [0.3, 0.4) is 0 Å². The minimum atomic E-state index is -0.859. The van der Waals surface area contributed by atoms with Crippen LogP contribution in [0.15, 0.2) is 12.1 Å². The van der Waals surface area contributed by atoms with Crippen molar-refractivity contribution in [2.75, 3.05) is 5.73 Å². The first-order chi connectivity index (χ1) is 8.16. The SMILES string of the molecule is Nc1nc2ccc(F)c(F)c2n1CCC1CC1. The van der Waals surface area contributed by atoms with Gasteiger partial charge in [0, 0.05) is 6.54 Å². The number of anilines is 1. The van der Waals surface area contributed by atoms with Crippen molar-refractivity contribution >= 4 is 17.0 Å². The summed E-state index contributed by atoms with van der Waals surface area (Å²) in [7, 11) is 0. The lowest BCUT2D eigenvalue weighted by Crippen LogP contribution is -2.05. The Morgan fingerprint density at radius 3 is 2.82 bits per heavy atom. The van der Waals surface area contributed by atoms with Gasteiger partial charge in [0.25, 0.3) is 0 Å². The Balaban J connectivity index is 2.07. The normalized spacial score (nSPS) is 15.6. The second-order valence-corrected chi connectivity index (χ2v) is 4.58. The van der Waals surface area contributed by atoms with Crippen LogP contribution in [0.1, 0.15) is 19.3 Å². The minimum absolute atomic E-state index is 0.183. The highest BCUT2D eigenvalue weighted by atomic mass is 19.2. The van der Waals surface area contributed by atoms with Gasteiger partial charge in [0.1, 0.15) is 5.52 Å². The molecule has 0 atom stereocenters. The van der Waals surface area contributed by atoms with E-state index >= 15 is 0 Å². The quantitative estimate of drug-likeness (QED) is 0.891. The van der Waals surface area contributed by atoms with Crippen LogP contribution in [0, 0.1) is 17.6 Å². The highest BCUT2D eigenvalue weighted by molar-refractivity contribution is 5.79. The number of rotatable bonds is 3. The summed E-state index contributed by atoms with van der Waals surface area (Å²) in [6.07, 6.45) is 3.40. The molecule has 0 radical (unpaired) electrons. The standard InChI is InChI=1S/C12H13F2N3/c13-8-3-4-9-11(10(8)14)17(12(15)16-9)6-5-7-1-2-7/h3-4,7H,1-2,5-6H2,(H2,15,16). The molecule has 2 N–H and O–H groups in total. The van der Waals surface area contributed by atoms with E-state index in [0.29, 0.717) is 18.0 Å². The van der Waals surface area contributed by atoms with E-state index in [9.17, 15) is 8.78 Å². The van der Waals surface area contributed by atoms with Crippen LogP contribution in [-0.2, 0) is 6.54 Å². The smallest absolute Gasteiger partial charge is 0.201 e. The Morgan fingerprint density at radius 2 is 2.12 bits per heavy atom. The molecule has 5 heteroatoms. The number of nitrogen functional groups attached to an aromatic ring is 1. The second kappa shape index (κ2) is 3.68. The molecular weight excluding hydrogens is 224 g/mol. The van der Waals surface area contributed by atoms with Gasteiger partial charge in [-0.1, -0.05) is 12.8 Å². The molecule has 1 aromatic heterocycles. The second-order valence-electron chi connectivity index (χ2n) is 4.58. The van der Waals surface area contributed by atoms with Gasteiger partial charge < -0.3 is 10.3 Å². The van der Waals surface area contributed by atoms with Crippen molar-refractivity contribution in [1.29, 1.82) is 0 Å². The largest absolute Gasteiger partial charge is 0.369 e. The van der Waals surface area contributed by atoms with E-state index in [4.69, 9.17) is 5.73 Å². The lowest BCUT2D eigenvalue weighted by molar-refractivity contribution is 0.509. The van der Waals surface area contributed by atoms with Crippen molar-refractivity contribution in [1.82, 2.24) is 9.55 Å². The van der Waals surface area contributed by atoms with E-state index in [1.165, 1.54) is 18.9 Å². The van der Waals surface area contributed by atoms with Crippen LogP contribution in [0.4, 0.5) is 14.7 Å². The molecule has 0 amide bonds. The van der Waals surface area contributed by atoms with Crippen molar-refractivity contribution in [2.24, 2.45) is 5.92 Å². The van der Waals surface area contributed by atoms with Gasteiger partial charge in [-0.05, 0) is 24.5 Å². The summed E-state index contributed by atoms with van der Waals surface area (Å²) in [6.45, 7) is 0.605. The zero-order chi connectivity index (χ0) is 12.0. The number of hydrogen-bond acceptors (Lipinski definition) is 2. The van der Waals surface area contributed by atoms with Gasteiger partial charge in [0.05, 0.1) is 5.52 Å². The third-order valence-corrected chi connectivity index (χ3v) is 3.29. The summed E-state index contributed by atoms with van der Waals surface area (Å²) in [5.74, 6) is -0.749. The molecule has 1 fully saturated rings. The maximum Gasteiger partial charge on any atom is 0.201 e. The molecule has 0 unspecified atom stereocenters. The van der Waals surface area contributed by atoms with Crippen molar-refractivity contribution in [3.63, 3.8) is 0 Å². The molecule has 17 heavy (non-hydrogen) atoms. The van der Waals surface area contributed by atoms with E-state index in [2.05, 4.69) is 4.98 Å². The van der Waals surface area contributed by atoms with Crippen LogP contribution in [0.25, 0.3) is 11.0 Å². The monoisotopic (exact) mass is 237 g/mol. The van der Waals surface area contributed by atoms with Gasteiger partial charge >= 0.3 is 0 Å². The summed E-state index contributed by atoms with van der Waals surface area (Å²) in [5, 5.41) is 0. The lowest BCUT2D eigenvalue weighted by atomic mass is 10.2. The maximum atomic E-state index is 13.7. The first-order valence-electron chi connectivity index (χ1n) is 5.76. The van der Waals surface area contributed by atoms with Gasteiger partial charge in [0.2, 0.25) is 5.95 Å². The Morgan fingerprint density at radius 1 is 1.35 bits per heavy atom. The molecule has 2 aromatic rings. The number of aryl methyl sites for hydroxylation is 1. The highest BCUT2D eigenvalue weighted by Gasteiger charge is 2.22. The molecule has 0 spiro atoms. The molecule has 90 valence electrons. The van der Waals surface area contributed by atoms with E-state index in [1.54, 1.807) is 4.57 Å². The average Bonchev–Trinajstić information content (AvgIpc) is 3.06. The molecule has 0 saturated heterocycles. The molecule has 1 aliphatic carbocycles. The van der Waals surface area contributed by atoms with Crippen LogP contribution in [0.5, 0.6) is 0 Å². The number of hydrogen-bond donors (Lipinski definition) is 1. The topological polar surface area (TPSA) is 43.8 Å². The van der Waals surface area contributed by atoms with Crippen molar-refractivity contribution < 1.29 is 8.78 Å². The zero-order valence-corrected chi connectivity index (χ0v) is 9.29. The van der Waals surface area contributed by atoms with E-state index in [0.717, 1.165) is 12.5 Å². The third kappa shape index (κ3) is 1.75. The molecule has 3 rings (SSSR count). The number of nitrogens with two attached hydrogens (primary N) is 1. The van der Waals surface area contributed by atoms with Crippen molar-refractivity contribution in [2.45, 2.75) is 25.8 Å². The molecule has 3 nitrogen and oxygen atoms in total. The van der Waals surface area contributed by atoms with E-state index in [1.807, 2.05) is 0 Å². The van der Waals surface area contributed by atoms with Crippen LogP contribution >= 0.6 is 0 Å². The number of aromatic nitrogens is 2. The Kier molecular flexibility index (Phi) is 2.28. The fourth-order valence-corrected chi connectivity index (χ4v) is 2.12. The van der Waals surface area contributed by atoms with Gasteiger partial charge in [-0.15, -0.1) is 0 Å². The molecule has 0 aliphatic heterocycles. The Labute approximate surface area is 97.2 Å². The van der Waals surface area contributed by atoms with Crippen molar-refractivity contribution in [3.8, 4) is 0 Å². The molecule has 0 bridgehead atoms. The van der Waals surface area contributed by atoms with Gasteiger partial charge in [-0.3, -0.25) is 0 Å². The summed E-state index contributed by atoms with van der Waals surface area (Å²) in [5.41, 5.74) is 6.34. The summed E-state index contributed by atoms with van der Waals surface area (Å²) in [6, 6.07) is 2.53. The Hall–Kier alpha value is -1.65.